The van der Waals surface area contributed by atoms with Crippen LogP contribution in [0, 0.1) is 0 Å². The second kappa shape index (κ2) is 9.18. The largest absolute Gasteiger partial charge is 0.453 e. The molecule has 3 N–H and O–H groups in total. The quantitative estimate of drug-likeness (QED) is 0.516. The molecule has 1 unspecified atom stereocenters. The molecule has 7 heteroatoms. The Bertz CT molecular complexity index is 331. The summed E-state index contributed by atoms with van der Waals surface area (Å²) in [7, 11) is 1.25. The molecule has 1 atom stereocenters. The molecule has 0 saturated heterocycles. The van der Waals surface area contributed by atoms with Crippen molar-refractivity contribution < 1.29 is 14.3 Å². The summed E-state index contributed by atoms with van der Waals surface area (Å²) in [6.45, 7) is 6.68. The first-order chi connectivity index (χ1) is 8.97. The van der Waals surface area contributed by atoms with E-state index in [4.69, 9.17) is 5.73 Å². The summed E-state index contributed by atoms with van der Waals surface area (Å²) in [5.74, 6) is 0.205. The smallest absolute Gasteiger partial charge is 0.407 e. The second-order valence-electron chi connectivity index (χ2n) is 4.01. The van der Waals surface area contributed by atoms with Gasteiger partial charge >= 0.3 is 6.09 Å². The van der Waals surface area contributed by atoms with Gasteiger partial charge in [0.15, 0.2) is 0 Å². The zero-order chi connectivity index (χ0) is 14.8. The number of ether oxygens (including phenoxy) is 1. The number of hydrogen-bond donors (Lipinski definition) is 2. The van der Waals surface area contributed by atoms with E-state index in [0.29, 0.717) is 18.9 Å². The van der Waals surface area contributed by atoms with Crippen molar-refractivity contribution in [1.29, 1.82) is 0 Å². The first kappa shape index (κ1) is 17.2. The number of rotatable bonds is 7. The van der Waals surface area contributed by atoms with Crippen molar-refractivity contribution in [2.75, 3.05) is 26.7 Å². The molecule has 0 saturated carbocycles. The lowest BCUT2D eigenvalue weighted by atomic mass is 10.2. The zero-order valence-electron chi connectivity index (χ0n) is 12.1. The fourth-order valence-electron chi connectivity index (χ4n) is 1.57. The highest BCUT2D eigenvalue weighted by atomic mass is 16.5. The van der Waals surface area contributed by atoms with Crippen molar-refractivity contribution in [3.63, 3.8) is 0 Å². The van der Waals surface area contributed by atoms with E-state index in [1.54, 1.807) is 4.90 Å². The summed E-state index contributed by atoms with van der Waals surface area (Å²) in [4.78, 5) is 28.7. The molecule has 7 nitrogen and oxygen atoms in total. The molecule has 0 aliphatic rings. The molecular weight excluding hydrogens is 248 g/mol. The van der Waals surface area contributed by atoms with Gasteiger partial charge in [-0.05, 0) is 20.3 Å². The van der Waals surface area contributed by atoms with Gasteiger partial charge in [0.25, 0.3) is 0 Å². The molecule has 0 aromatic carbocycles. The number of carbonyl (C=O) groups excluding carboxylic acids is 2. The van der Waals surface area contributed by atoms with E-state index < -0.39 is 6.09 Å². The molecule has 110 valence electrons. The standard InChI is InChI=1S/C12H24N4O3/c1-5-7-16(9(3)11(13)14-6-2)10(17)8-15-12(18)19-4/h9H,5-8H2,1-4H3,(H2,13,14)(H,15,18). The number of amides is 2. The lowest BCUT2D eigenvalue weighted by molar-refractivity contribution is -0.131. The van der Waals surface area contributed by atoms with Crippen molar-refractivity contribution in [2.45, 2.75) is 33.2 Å². The highest BCUT2D eigenvalue weighted by molar-refractivity contribution is 5.91. The summed E-state index contributed by atoms with van der Waals surface area (Å²) < 4.78 is 4.42. The van der Waals surface area contributed by atoms with Gasteiger partial charge in [-0.2, -0.15) is 0 Å². The number of nitrogens with one attached hydrogen (secondary N) is 1. The number of nitrogens with zero attached hydrogens (tertiary/aromatic N) is 2. The summed E-state index contributed by atoms with van der Waals surface area (Å²) in [5, 5.41) is 2.36. The molecule has 0 fully saturated rings. The van der Waals surface area contributed by atoms with Crippen molar-refractivity contribution in [2.24, 2.45) is 10.7 Å². The summed E-state index contributed by atoms with van der Waals surface area (Å²) >= 11 is 0. The fourth-order valence-corrected chi connectivity index (χ4v) is 1.57. The zero-order valence-corrected chi connectivity index (χ0v) is 12.1. The Balaban J connectivity index is 4.66. The van der Waals surface area contributed by atoms with Gasteiger partial charge in [0.2, 0.25) is 5.91 Å². The first-order valence-corrected chi connectivity index (χ1v) is 6.38. The van der Waals surface area contributed by atoms with Gasteiger partial charge in [-0.15, -0.1) is 0 Å². The average molecular weight is 272 g/mol. The summed E-state index contributed by atoms with van der Waals surface area (Å²) in [6, 6.07) is -0.285. The highest BCUT2D eigenvalue weighted by Crippen LogP contribution is 2.02. The number of hydrogen-bond acceptors (Lipinski definition) is 4. The molecule has 0 bridgehead atoms. The lowest BCUT2D eigenvalue weighted by Crippen LogP contribution is -2.50. The first-order valence-electron chi connectivity index (χ1n) is 6.38. The van der Waals surface area contributed by atoms with E-state index in [2.05, 4.69) is 15.0 Å². The van der Waals surface area contributed by atoms with Crippen LogP contribution in [0.25, 0.3) is 0 Å². The Morgan fingerprint density at radius 2 is 2.05 bits per heavy atom. The van der Waals surface area contributed by atoms with E-state index >= 15 is 0 Å². The Hall–Kier alpha value is -1.79. The summed E-state index contributed by atoms with van der Waals surface area (Å²) in [6.07, 6.45) is 0.168. The molecular formula is C12H24N4O3. The van der Waals surface area contributed by atoms with Gasteiger partial charge in [0, 0.05) is 13.1 Å². The van der Waals surface area contributed by atoms with Crippen LogP contribution < -0.4 is 11.1 Å². The number of methoxy groups -OCH3 is 1. The van der Waals surface area contributed by atoms with Gasteiger partial charge in [0.05, 0.1) is 13.2 Å². The average Bonchev–Trinajstić information content (AvgIpc) is 2.41. The molecule has 0 aromatic rings. The third kappa shape index (κ3) is 6.08. The maximum Gasteiger partial charge on any atom is 0.407 e. The molecule has 0 spiro atoms. The molecule has 2 amide bonds. The topological polar surface area (TPSA) is 97.0 Å². The van der Waals surface area contributed by atoms with Crippen LogP contribution in [0.15, 0.2) is 4.99 Å². The van der Waals surface area contributed by atoms with E-state index in [-0.39, 0.29) is 18.5 Å². The number of aliphatic imine (C=N–C) groups is 1. The third-order valence-corrected chi connectivity index (χ3v) is 2.59. The van der Waals surface area contributed by atoms with Crippen molar-refractivity contribution in [1.82, 2.24) is 10.2 Å². The number of nitrogens with two attached hydrogens (primary N) is 1. The van der Waals surface area contributed by atoms with E-state index in [1.165, 1.54) is 7.11 Å². The molecule has 0 rings (SSSR count). The van der Waals surface area contributed by atoms with Crippen LogP contribution in [-0.2, 0) is 9.53 Å². The fraction of sp³-hybridized carbons (Fsp3) is 0.750. The maximum atomic E-state index is 12.0. The Morgan fingerprint density at radius 1 is 1.42 bits per heavy atom. The van der Waals surface area contributed by atoms with E-state index in [9.17, 15) is 9.59 Å². The molecule has 0 aromatic heterocycles. The number of amidine groups is 1. The second-order valence-corrected chi connectivity index (χ2v) is 4.01. The highest BCUT2D eigenvalue weighted by Gasteiger charge is 2.22. The molecule has 19 heavy (non-hydrogen) atoms. The van der Waals surface area contributed by atoms with Gasteiger partial charge in [-0.3, -0.25) is 9.79 Å². The van der Waals surface area contributed by atoms with Gasteiger partial charge in [-0.25, -0.2) is 4.79 Å². The predicted molar refractivity (Wildman–Crippen MR) is 74.0 cm³/mol. The predicted octanol–water partition coefficient (Wildman–Crippen LogP) is 0.347. The van der Waals surface area contributed by atoms with Crippen molar-refractivity contribution in [3.8, 4) is 0 Å². The van der Waals surface area contributed by atoms with Crippen LogP contribution in [0.5, 0.6) is 0 Å². The third-order valence-electron chi connectivity index (χ3n) is 2.59. The minimum atomic E-state index is -0.632. The van der Waals surface area contributed by atoms with Crippen LogP contribution in [0.1, 0.15) is 27.2 Å². The van der Waals surface area contributed by atoms with E-state index in [0.717, 1.165) is 6.42 Å². The van der Waals surface area contributed by atoms with Gasteiger partial charge in [-0.1, -0.05) is 6.92 Å². The molecule has 0 heterocycles. The summed E-state index contributed by atoms with van der Waals surface area (Å²) in [5.41, 5.74) is 5.82. The monoisotopic (exact) mass is 272 g/mol. The van der Waals surface area contributed by atoms with Crippen molar-refractivity contribution in [3.05, 3.63) is 0 Å². The SMILES string of the molecule is CCCN(C(=O)CNC(=O)OC)C(C)C(N)=NCC. The van der Waals surface area contributed by atoms with Crippen LogP contribution in [0.4, 0.5) is 4.79 Å². The minimum absolute atomic E-state index is 0.115. The molecule has 0 radical (unpaired) electrons. The molecule has 0 aliphatic heterocycles. The van der Waals surface area contributed by atoms with Crippen LogP contribution in [-0.4, -0.2) is 55.5 Å². The van der Waals surface area contributed by atoms with Gasteiger partial charge < -0.3 is 20.7 Å². The minimum Gasteiger partial charge on any atom is -0.453 e. The normalized spacial score (nSPS) is 12.7. The van der Waals surface area contributed by atoms with Crippen LogP contribution in [0.3, 0.4) is 0 Å². The lowest BCUT2D eigenvalue weighted by Gasteiger charge is -2.28. The van der Waals surface area contributed by atoms with Gasteiger partial charge in [0.1, 0.15) is 12.4 Å². The van der Waals surface area contributed by atoms with Crippen LogP contribution in [0.2, 0.25) is 0 Å². The van der Waals surface area contributed by atoms with E-state index in [1.807, 2.05) is 20.8 Å². The number of alkyl carbamates (subject to hydrolysis) is 1. The molecule has 0 aliphatic carbocycles. The van der Waals surface area contributed by atoms with Crippen LogP contribution >= 0.6 is 0 Å². The Kier molecular flexibility index (Phi) is 8.32. The Morgan fingerprint density at radius 3 is 2.53 bits per heavy atom. The maximum absolute atomic E-state index is 12.0. The van der Waals surface area contributed by atoms with Crippen molar-refractivity contribution >= 4 is 17.8 Å². The Labute approximate surface area is 114 Å². The number of carbonyl (C=O) groups is 2.